The quantitative estimate of drug-likeness (QED) is 0.658. The van der Waals surface area contributed by atoms with Crippen LogP contribution in [-0.2, 0) is 4.79 Å². The maximum absolute atomic E-state index is 12.2. The van der Waals surface area contributed by atoms with E-state index in [2.05, 4.69) is 11.9 Å². The summed E-state index contributed by atoms with van der Waals surface area (Å²) >= 11 is 0. The molecule has 0 spiro atoms. The fourth-order valence-corrected chi connectivity index (χ4v) is 2.94. The molecule has 98 valence electrons. The van der Waals surface area contributed by atoms with Gasteiger partial charge in [0.05, 0.1) is 11.3 Å². The average Bonchev–Trinajstić information content (AvgIpc) is 3.03. The van der Waals surface area contributed by atoms with Crippen LogP contribution < -0.4 is 10.2 Å². The lowest BCUT2D eigenvalue weighted by Crippen LogP contribution is -2.29. The van der Waals surface area contributed by atoms with Gasteiger partial charge in [0, 0.05) is 13.1 Å². The molecule has 2 heterocycles. The van der Waals surface area contributed by atoms with Gasteiger partial charge >= 0.3 is 0 Å². The van der Waals surface area contributed by atoms with Crippen LogP contribution >= 0.6 is 0 Å². The van der Waals surface area contributed by atoms with Crippen LogP contribution in [0.4, 0.5) is 5.69 Å². The fourth-order valence-electron chi connectivity index (χ4n) is 2.94. The molecule has 1 N–H and O–H groups in total. The van der Waals surface area contributed by atoms with E-state index in [-0.39, 0.29) is 5.78 Å². The van der Waals surface area contributed by atoms with Crippen LogP contribution in [0.25, 0.3) is 0 Å². The summed E-state index contributed by atoms with van der Waals surface area (Å²) in [6, 6.07) is 5.74. The van der Waals surface area contributed by atoms with E-state index >= 15 is 0 Å². The molecule has 0 radical (unpaired) electrons. The zero-order chi connectivity index (χ0) is 13.4. The van der Waals surface area contributed by atoms with Crippen LogP contribution in [0.3, 0.4) is 0 Å². The van der Waals surface area contributed by atoms with Gasteiger partial charge in [-0.15, -0.1) is 6.58 Å². The first-order chi connectivity index (χ1) is 9.24. The number of ketones is 1. The molecule has 0 bridgehead atoms. The van der Waals surface area contributed by atoms with Gasteiger partial charge < -0.3 is 10.2 Å². The number of carbonyl (C=O) groups is 2. The first-order valence-corrected chi connectivity index (χ1v) is 6.54. The smallest absolute Gasteiger partial charge is 0.299 e. The molecule has 1 saturated heterocycles. The SMILES string of the molecule is C=CCN1C(=O)C(=O)c2c(C3CCNC3)cccc21. The predicted octanol–water partition coefficient (Wildman–Crippen LogP) is 1.48. The summed E-state index contributed by atoms with van der Waals surface area (Å²) in [5.74, 6) is -0.483. The first kappa shape index (κ1) is 12.1. The second-order valence-corrected chi connectivity index (χ2v) is 4.96. The standard InChI is InChI=1S/C15H16N2O2/c1-2-8-17-12-5-3-4-11(10-6-7-16-9-10)13(12)14(18)15(17)19/h2-5,10,16H,1,6-9H2. The number of amides is 1. The molecule has 3 rings (SSSR count). The van der Waals surface area contributed by atoms with Crippen molar-refractivity contribution in [3.8, 4) is 0 Å². The van der Waals surface area contributed by atoms with E-state index in [1.807, 2.05) is 18.2 Å². The highest BCUT2D eigenvalue weighted by atomic mass is 16.2. The third kappa shape index (κ3) is 1.79. The normalized spacial score (nSPS) is 21.9. The number of carbonyl (C=O) groups excluding carboxylic acids is 2. The Kier molecular flexibility index (Phi) is 2.95. The lowest BCUT2D eigenvalue weighted by atomic mass is 9.91. The number of anilines is 1. The van der Waals surface area contributed by atoms with Crippen LogP contribution in [0.5, 0.6) is 0 Å². The lowest BCUT2D eigenvalue weighted by molar-refractivity contribution is -0.114. The highest BCUT2D eigenvalue weighted by Gasteiger charge is 2.38. The van der Waals surface area contributed by atoms with Gasteiger partial charge in [0.1, 0.15) is 0 Å². The lowest BCUT2D eigenvalue weighted by Gasteiger charge is -2.16. The minimum absolute atomic E-state index is 0.329. The number of nitrogens with zero attached hydrogens (tertiary/aromatic N) is 1. The van der Waals surface area contributed by atoms with Gasteiger partial charge in [-0.05, 0) is 30.5 Å². The highest BCUT2D eigenvalue weighted by molar-refractivity contribution is 6.52. The summed E-state index contributed by atoms with van der Waals surface area (Å²) in [5.41, 5.74) is 2.34. The molecule has 1 aromatic carbocycles. The van der Waals surface area contributed by atoms with Gasteiger partial charge in [0.2, 0.25) is 0 Å². The van der Waals surface area contributed by atoms with Gasteiger partial charge in [-0.25, -0.2) is 0 Å². The van der Waals surface area contributed by atoms with E-state index in [1.54, 1.807) is 6.08 Å². The Bertz CT molecular complexity index is 559. The minimum atomic E-state index is -0.437. The number of hydrogen-bond donors (Lipinski definition) is 1. The van der Waals surface area contributed by atoms with E-state index in [9.17, 15) is 9.59 Å². The third-order valence-electron chi connectivity index (χ3n) is 3.84. The Morgan fingerprint density at radius 1 is 1.42 bits per heavy atom. The molecule has 0 aromatic heterocycles. The predicted molar refractivity (Wildman–Crippen MR) is 73.6 cm³/mol. The molecular formula is C15H16N2O2. The number of hydrogen-bond acceptors (Lipinski definition) is 3. The summed E-state index contributed by atoms with van der Waals surface area (Å²) in [6.07, 6.45) is 2.66. The number of Topliss-reactive ketones (excluding diaryl/α,β-unsaturated/α-hetero) is 1. The Morgan fingerprint density at radius 3 is 2.95 bits per heavy atom. The van der Waals surface area contributed by atoms with E-state index in [0.717, 1.165) is 30.8 Å². The molecule has 1 aromatic rings. The third-order valence-corrected chi connectivity index (χ3v) is 3.84. The zero-order valence-electron chi connectivity index (χ0n) is 10.7. The molecule has 19 heavy (non-hydrogen) atoms. The van der Waals surface area contributed by atoms with E-state index < -0.39 is 5.91 Å². The van der Waals surface area contributed by atoms with Crippen molar-refractivity contribution in [2.24, 2.45) is 0 Å². The van der Waals surface area contributed by atoms with Crippen LogP contribution in [0.2, 0.25) is 0 Å². The maximum atomic E-state index is 12.2. The monoisotopic (exact) mass is 256 g/mol. The molecule has 2 aliphatic heterocycles. The van der Waals surface area contributed by atoms with Crippen molar-refractivity contribution in [3.05, 3.63) is 42.0 Å². The van der Waals surface area contributed by atoms with Gasteiger partial charge in [-0.2, -0.15) is 0 Å². The van der Waals surface area contributed by atoms with Crippen LogP contribution in [0, 0.1) is 0 Å². The Labute approximate surface area is 112 Å². The molecule has 2 aliphatic rings. The van der Waals surface area contributed by atoms with E-state index in [1.165, 1.54) is 4.90 Å². The minimum Gasteiger partial charge on any atom is -0.316 e. The van der Waals surface area contributed by atoms with Crippen molar-refractivity contribution in [2.75, 3.05) is 24.5 Å². The Morgan fingerprint density at radius 2 is 2.26 bits per heavy atom. The fraction of sp³-hybridized carbons (Fsp3) is 0.333. The highest BCUT2D eigenvalue weighted by Crippen LogP contribution is 2.36. The number of nitrogens with one attached hydrogen (secondary N) is 1. The van der Waals surface area contributed by atoms with Crippen molar-refractivity contribution >= 4 is 17.4 Å². The number of benzene rings is 1. The van der Waals surface area contributed by atoms with Crippen molar-refractivity contribution in [2.45, 2.75) is 12.3 Å². The molecule has 1 unspecified atom stereocenters. The summed E-state index contributed by atoms with van der Waals surface area (Å²) in [7, 11) is 0. The summed E-state index contributed by atoms with van der Waals surface area (Å²) in [4.78, 5) is 25.8. The van der Waals surface area contributed by atoms with Crippen molar-refractivity contribution in [3.63, 3.8) is 0 Å². The van der Waals surface area contributed by atoms with E-state index in [0.29, 0.717) is 18.0 Å². The zero-order valence-corrected chi connectivity index (χ0v) is 10.7. The maximum Gasteiger partial charge on any atom is 0.299 e. The largest absolute Gasteiger partial charge is 0.316 e. The first-order valence-electron chi connectivity index (χ1n) is 6.54. The Balaban J connectivity index is 2.09. The van der Waals surface area contributed by atoms with Crippen LogP contribution in [0.1, 0.15) is 28.3 Å². The van der Waals surface area contributed by atoms with Gasteiger partial charge in [0.15, 0.2) is 0 Å². The summed E-state index contributed by atoms with van der Waals surface area (Å²) in [6.45, 7) is 5.86. The second kappa shape index (κ2) is 4.63. The molecule has 4 nitrogen and oxygen atoms in total. The Hall–Kier alpha value is -1.94. The average molecular weight is 256 g/mol. The molecule has 1 amide bonds. The number of fused-ring (bicyclic) bond motifs is 1. The topological polar surface area (TPSA) is 49.4 Å². The van der Waals surface area contributed by atoms with Crippen molar-refractivity contribution < 1.29 is 9.59 Å². The van der Waals surface area contributed by atoms with Crippen LogP contribution in [-0.4, -0.2) is 31.3 Å². The van der Waals surface area contributed by atoms with Crippen molar-refractivity contribution in [1.82, 2.24) is 5.32 Å². The molecule has 0 aliphatic carbocycles. The molecule has 1 atom stereocenters. The van der Waals surface area contributed by atoms with E-state index in [4.69, 9.17) is 0 Å². The van der Waals surface area contributed by atoms with Crippen LogP contribution in [0.15, 0.2) is 30.9 Å². The molecular weight excluding hydrogens is 240 g/mol. The van der Waals surface area contributed by atoms with Crippen molar-refractivity contribution in [1.29, 1.82) is 0 Å². The molecule has 0 saturated carbocycles. The molecule has 1 fully saturated rings. The second-order valence-electron chi connectivity index (χ2n) is 4.96. The summed E-state index contributed by atoms with van der Waals surface area (Å²) in [5, 5.41) is 3.30. The van der Waals surface area contributed by atoms with Gasteiger partial charge in [-0.3, -0.25) is 9.59 Å². The number of rotatable bonds is 3. The molecule has 4 heteroatoms. The summed E-state index contributed by atoms with van der Waals surface area (Å²) < 4.78 is 0. The van der Waals surface area contributed by atoms with Gasteiger partial charge in [-0.1, -0.05) is 18.2 Å². The van der Waals surface area contributed by atoms with Gasteiger partial charge in [0.25, 0.3) is 11.7 Å².